The van der Waals surface area contributed by atoms with Crippen LogP contribution in [0, 0.1) is 5.92 Å². The van der Waals surface area contributed by atoms with E-state index < -0.39 is 0 Å². The van der Waals surface area contributed by atoms with E-state index in [2.05, 4.69) is 17.4 Å². The van der Waals surface area contributed by atoms with E-state index in [9.17, 15) is 9.59 Å². The summed E-state index contributed by atoms with van der Waals surface area (Å²) in [4.78, 5) is 27.0. The van der Waals surface area contributed by atoms with Gasteiger partial charge in [0.1, 0.15) is 5.75 Å². The molecule has 1 aliphatic heterocycles. The number of rotatable bonds is 7. The van der Waals surface area contributed by atoms with Crippen LogP contribution in [0.1, 0.15) is 12.0 Å². The maximum atomic E-state index is 12.8. The Hall–Kier alpha value is -3.60. The van der Waals surface area contributed by atoms with Gasteiger partial charge in [-0.1, -0.05) is 60.7 Å². The Kier molecular flexibility index (Phi) is 6.09. The summed E-state index contributed by atoms with van der Waals surface area (Å²) in [6.07, 6.45) is 1.02. The summed E-state index contributed by atoms with van der Waals surface area (Å²) in [7, 11) is 0. The minimum absolute atomic E-state index is 0.0277. The minimum atomic E-state index is -0.363. The lowest BCUT2D eigenvalue weighted by molar-refractivity contribution is -0.128. The molecule has 5 nitrogen and oxygen atoms in total. The number of anilines is 1. The van der Waals surface area contributed by atoms with Crippen LogP contribution in [0.25, 0.3) is 0 Å². The predicted molar refractivity (Wildman–Crippen MR) is 116 cm³/mol. The van der Waals surface area contributed by atoms with Crippen molar-refractivity contribution in [1.82, 2.24) is 4.90 Å². The standard InChI is InChI=1S/C25H24N2O3/c28-24-17-20(18-27(24)16-15-19-9-3-1-4-10-19)25(29)26-22-13-7-8-14-23(22)30-21-11-5-2-6-12-21/h1-14,20H,15-18H2,(H,26,29). The van der Waals surface area contributed by atoms with Crippen molar-refractivity contribution in [3.05, 3.63) is 90.5 Å². The fraction of sp³-hybridized carbons (Fsp3) is 0.200. The van der Waals surface area contributed by atoms with E-state index in [-0.39, 0.29) is 24.2 Å². The Morgan fingerprint density at radius 1 is 0.933 bits per heavy atom. The summed E-state index contributed by atoms with van der Waals surface area (Å²) >= 11 is 0. The lowest BCUT2D eigenvalue weighted by Crippen LogP contribution is -2.30. The number of amides is 2. The lowest BCUT2D eigenvalue weighted by Gasteiger charge is -2.17. The Bertz CT molecular complexity index is 1010. The van der Waals surface area contributed by atoms with Crippen LogP contribution in [0.5, 0.6) is 11.5 Å². The van der Waals surface area contributed by atoms with Gasteiger partial charge in [0.05, 0.1) is 11.6 Å². The van der Waals surface area contributed by atoms with Crippen molar-refractivity contribution in [2.75, 3.05) is 18.4 Å². The van der Waals surface area contributed by atoms with Gasteiger partial charge >= 0.3 is 0 Å². The molecule has 0 spiro atoms. The summed E-state index contributed by atoms with van der Waals surface area (Å²) in [5, 5.41) is 2.94. The molecule has 4 rings (SSSR count). The molecule has 152 valence electrons. The highest BCUT2D eigenvalue weighted by atomic mass is 16.5. The molecule has 0 saturated carbocycles. The monoisotopic (exact) mass is 400 g/mol. The van der Waals surface area contributed by atoms with Gasteiger partial charge in [-0.15, -0.1) is 0 Å². The molecule has 3 aromatic carbocycles. The maximum absolute atomic E-state index is 12.8. The maximum Gasteiger partial charge on any atom is 0.229 e. The zero-order valence-corrected chi connectivity index (χ0v) is 16.7. The SMILES string of the molecule is O=C(Nc1ccccc1Oc1ccccc1)C1CC(=O)N(CCc2ccccc2)C1. The largest absolute Gasteiger partial charge is 0.455 e. The lowest BCUT2D eigenvalue weighted by atomic mass is 10.1. The average Bonchev–Trinajstić information content (AvgIpc) is 3.16. The van der Waals surface area contributed by atoms with Crippen LogP contribution in [0.4, 0.5) is 5.69 Å². The molecule has 1 fully saturated rings. The van der Waals surface area contributed by atoms with Crippen LogP contribution in [0.2, 0.25) is 0 Å². The zero-order chi connectivity index (χ0) is 20.8. The highest BCUT2D eigenvalue weighted by molar-refractivity contribution is 5.98. The third-order valence-corrected chi connectivity index (χ3v) is 5.21. The van der Waals surface area contributed by atoms with E-state index >= 15 is 0 Å². The van der Waals surface area contributed by atoms with Crippen molar-refractivity contribution in [3.8, 4) is 11.5 Å². The Balaban J connectivity index is 1.37. The smallest absolute Gasteiger partial charge is 0.229 e. The third-order valence-electron chi connectivity index (χ3n) is 5.21. The molecule has 1 aliphatic rings. The number of carbonyl (C=O) groups is 2. The summed E-state index contributed by atoms with van der Waals surface area (Å²) in [6, 6.07) is 26.8. The number of benzene rings is 3. The quantitative estimate of drug-likeness (QED) is 0.635. The zero-order valence-electron chi connectivity index (χ0n) is 16.7. The van der Waals surface area contributed by atoms with Crippen LogP contribution in [0.15, 0.2) is 84.9 Å². The second kappa shape index (κ2) is 9.27. The molecular weight excluding hydrogens is 376 g/mol. The average molecular weight is 400 g/mol. The summed E-state index contributed by atoms with van der Waals surface area (Å²) in [5.41, 5.74) is 1.78. The topological polar surface area (TPSA) is 58.6 Å². The second-order valence-electron chi connectivity index (χ2n) is 7.38. The first-order valence-corrected chi connectivity index (χ1v) is 10.1. The Morgan fingerprint density at radius 2 is 1.60 bits per heavy atom. The fourth-order valence-corrected chi connectivity index (χ4v) is 3.58. The van der Waals surface area contributed by atoms with Gasteiger partial charge in [-0.3, -0.25) is 9.59 Å². The number of nitrogens with zero attached hydrogens (tertiary/aromatic N) is 1. The highest BCUT2D eigenvalue weighted by Gasteiger charge is 2.34. The van der Waals surface area contributed by atoms with Gasteiger partial charge in [-0.25, -0.2) is 0 Å². The van der Waals surface area contributed by atoms with Crippen molar-refractivity contribution in [3.63, 3.8) is 0 Å². The molecule has 2 amide bonds. The molecule has 0 radical (unpaired) electrons. The first kappa shape index (κ1) is 19.7. The van der Waals surface area contributed by atoms with E-state index in [4.69, 9.17) is 4.74 Å². The minimum Gasteiger partial charge on any atom is -0.455 e. The van der Waals surface area contributed by atoms with Crippen LogP contribution in [-0.4, -0.2) is 29.8 Å². The summed E-state index contributed by atoms with van der Waals surface area (Å²) < 4.78 is 5.91. The molecule has 1 atom stereocenters. The van der Waals surface area contributed by atoms with Gasteiger partial charge < -0.3 is 15.0 Å². The number of hydrogen-bond donors (Lipinski definition) is 1. The first-order valence-electron chi connectivity index (χ1n) is 10.1. The molecule has 0 bridgehead atoms. The molecular formula is C25H24N2O3. The molecule has 1 N–H and O–H groups in total. The Labute approximate surface area is 176 Å². The molecule has 1 unspecified atom stereocenters. The molecule has 0 aliphatic carbocycles. The number of para-hydroxylation sites is 3. The van der Waals surface area contributed by atoms with E-state index in [1.165, 1.54) is 5.56 Å². The first-order chi connectivity index (χ1) is 14.7. The van der Waals surface area contributed by atoms with Crippen molar-refractivity contribution in [2.45, 2.75) is 12.8 Å². The molecule has 0 aromatic heterocycles. The van der Waals surface area contributed by atoms with Gasteiger partial charge in [0.25, 0.3) is 0 Å². The number of nitrogens with one attached hydrogen (secondary N) is 1. The van der Waals surface area contributed by atoms with Crippen LogP contribution in [-0.2, 0) is 16.0 Å². The number of ether oxygens (including phenoxy) is 1. The number of hydrogen-bond acceptors (Lipinski definition) is 3. The molecule has 1 heterocycles. The second-order valence-corrected chi connectivity index (χ2v) is 7.38. The van der Waals surface area contributed by atoms with Crippen molar-refractivity contribution < 1.29 is 14.3 Å². The molecule has 1 saturated heterocycles. The summed E-state index contributed by atoms with van der Waals surface area (Å²) in [5.74, 6) is 0.775. The third kappa shape index (κ3) is 4.87. The van der Waals surface area contributed by atoms with Gasteiger partial charge in [-0.05, 0) is 36.2 Å². The predicted octanol–water partition coefficient (Wildman–Crippen LogP) is 4.51. The van der Waals surface area contributed by atoms with Crippen LogP contribution in [0.3, 0.4) is 0 Å². The van der Waals surface area contributed by atoms with Gasteiger partial charge in [0.15, 0.2) is 5.75 Å². The number of carbonyl (C=O) groups excluding carboxylic acids is 2. The molecule has 30 heavy (non-hydrogen) atoms. The van der Waals surface area contributed by atoms with E-state index in [1.54, 1.807) is 11.0 Å². The Morgan fingerprint density at radius 3 is 2.37 bits per heavy atom. The fourth-order valence-electron chi connectivity index (χ4n) is 3.58. The molecule has 3 aromatic rings. The van der Waals surface area contributed by atoms with Crippen molar-refractivity contribution in [1.29, 1.82) is 0 Å². The van der Waals surface area contributed by atoms with Crippen LogP contribution >= 0.6 is 0 Å². The van der Waals surface area contributed by atoms with Gasteiger partial charge in [-0.2, -0.15) is 0 Å². The normalized spacial score (nSPS) is 15.8. The number of likely N-dealkylation sites (tertiary alicyclic amines) is 1. The van der Waals surface area contributed by atoms with Crippen molar-refractivity contribution in [2.24, 2.45) is 5.92 Å². The van der Waals surface area contributed by atoms with E-state index in [0.29, 0.717) is 30.3 Å². The van der Waals surface area contributed by atoms with Gasteiger partial charge in [0.2, 0.25) is 11.8 Å². The van der Waals surface area contributed by atoms with E-state index in [1.807, 2.05) is 66.7 Å². The highest BCUT2D eigenvalue weighted by Crippen LogP contribution is 2.30. The van der Waals surface area contributed by atoms with Gasteiger partial charge in [0, 0.05) is 19.5 Å². The summed E-state index contributed by atoms with van der Waals surface area (Å²) in [6.45, 7) is 1.07. The van der Waals surface area contributed by atoms with E-state index in [0.717, 1.165) is 6.42 Å². The molecule has 5 heteroatoms. The van der Waals surface area contributed by atoms with Crippen molar-refractivity contribution >= 4 is 17.5 Å². The van der Waals surface area contributed by atoms with Crippen LogP contribution < -0.4 is 10.1 Å².